The molecule has 0 bridgehead atoms. The molecule has 2 aromatic carbocycles. The average Bonchev–Trinajstić information content (AvgIpc) is 3.47. The molecule has 0 spiro atoms. The van der Waals surface area contributed by atoms with Crippen LogP contribution in [-0.4, -0.2) is 23.2 Å². The largest absolute Gasteiger partial charge is 0.468 e. The van der Waals surface area contributed by atoms with Crippen molar-refractivity contribution in [2.45, 2.75) is 25.2 Å². The smallest absolute Gasteiger partial charge is 0.234 e. The quantitative estimate of drug-likeness (QED) is 0.353. The van der Waals surface area contributed by atoms with Gasteiger partial charge in [-0.25, -0.2) is 0 Å². The number of carbonyl (C=O) groups excluding carboxylic acids is 3. The summed E-state index contributed by atoms with van der Waals surface area (Å²) in [6, 6.07) is 19.2. The van der Waals surface area contributed by atoms with Crippen LogP contribution in [0.2, 0.25) is 5.02 Å². The molecule has 1 aromatic heterocycles. The molecule has 9 heteroatoms. The number of anilines is 1. The number of rotatable bonds is 7. The van der Waals surface area contributed by atoms with Gasteiger partial charge in [0.2, 0.25) is 5.91 Å². The van der Waals surface area contributed by atoms with Gasteiger partial charge in [-0.2, -0.15) is 5.26 Å². The number of hydrogen-bond acceptors (Lipinski definition) is 7. The number of nitrogens with zero attached hydrogens (tertiary/aromatic N) is 1. The summed E-state index contributed by atoms with van der Waals surface area (Å²) in [6.45, 7) is 0. The van der Waals surface area contributed by atoms with Crippen molar-refractivity contribution in [3.05, 3.63) is 111 Å². The molecule has 0 radical (unpaired) electrons. The molecule has 2 aliphatic rings. The van der Waals surface area contributed by atoms with Gasteiger partial charge < -0.3 is 15.1 Å². The van der Waals surface area contributed by atoms with Gasteiger partial charge in [-0.15, -0.1) is 0 Å². The fourth-order valence-electron chi connectivity index (χ4n) is 4.66. The van der Waals surface area contributed by atoms with Crippen molar-refractivity contribution in [2.75, 3.05) is 11.1 Å². The molecule has 1 atom stereocenters. The normalized spacial score (nSPS) is 16.9. The van der Waals surface area contributed by atoms with Gasteiger partial charge in [0.1, 0.15) is 5.76 Å². The Bertz CT molecular complexity index is 1520. The van der Waals surface area contributed by atoms with Crippen molar-refractivity contribution in [1.29, 1.82) is 5.26 Å². The molecule has 2 N–H and O–H groups in total. The molecule has 1 aliphatic carbocycles. The molecule has 0 saturated carbocycles. The van der Waals surface area contributed by atoms with Crippen LogP contribution in [0, 0.1) is 11.3 Å². The maximum absolute atomic E-state index is 13.1. The van der Waals surface area contributed by atoms with Crippen LogP contribution in [0.5, 0.6) is 0 Å². The first-order chi connectivity index (χ1) is 18.5. The monoisotopic (exact) mass is 543 g/mol. The highest BCUT2D eigenvalue weighted by Gasteiger charge is 2.38. The van der Waals surface area contributed by atoms with Crippen LogP contribution >= 0.6 is 23.4 Å². The number of dihydropyridines is 1. The van der Waals surface area contributed by atoms with E-state index in [1.54, 1.807) is 48.5 Å². The van der Waals surface area contributed by atoms with E-state index in [0.717, 1.165) is 5.70 Å². The number of allylic oxidation sites excluding steroid dienone is 3. The molecule has 0 fully saturated rings. The maximum atomic E-state index is 13.1. The molecule has 7 nitrogen and oxygen atoms in total. The first-order valence-corrected chi connectivity index (χ1v) is 13.4. The minimum absolute atomic E-state index is 0.00644. The zero-order valence-electron chi connectivity index (χ0n) is 20.1. The van der Waals surface area contributed by atoms with Gasteiger partial charge in [-0.3, -0.25) is 14.4 Å². The van der Waals surface area contributed by atoms with Crippen LogP contribution in [0.4, 0.5) is 5.69 Å². The summed E-state index contributed by atoms with van der Waals surface area (Å²) in [4.78, 5) is 38.9. The summed E-state index contributed by atoms with van der Waals surface area (Å²) in [5.74, 6) is -0.763. The Kier molecular flexibility index (Phi) is 7.50. The lowest BCUT2D eigenvalue weighted by molar-refractivity contribution is -0.116. The van der Waals surface area contributed by atoms with E-state index in [2.05, 4.69) is 16.7 Å². The second-order valence-corrected chi connectivity index (χ2v) is 10.2. The Morgan fingerprint density at radius 1 is 1.13 bits per heavy atom. The van der Waals surface area contributed by atoms with Crippen molar-refractivity contribution in [1.82, 2.24) is 5.32 Å². The summed E-state index contributed by atoms with van der Waals surface area (Å²) >= 11 is 7.32. The number of benzene rings is 2. The van der Waals surface area contributed by atoms with Crippen molar-refractivity contribution >= 4 is 46.5 Å². The number of thioether (sulfide) groups is 1. The molecule has 0 unspecified atom stereocenters. The van der Waals surface area contributed by atoms with Crippen LogP contribution in [0.15, 0.2) is 93.2 Å². The molecule has 3 aromatic rings. The number of Topliss-reactive ketones (excluding diaryl/α,β-unsaturated/α-hetero) is 1. The van der Waals surface area contributed by atoms with E-state index in [1.807, 2.05) is 6.07 Å². The molecule has 38 heavy (non-hydrogen) atoms. The van der Waals surface area contributed by atoms with Gasteiger partial charge >= 0.3 is 0 Å². The van der Waals surface area contributed by atoms with Crippen molar-refractivity contribution in [3.63, 3.8) is 0 Å². The SMILES string of the molecule is N#CC1=C(SCC(=O)Nc2ccc(Cl)cc2C(=O)c2ccccc2)NC2=C(C(=O)CCC2)[C@@H]1c1ccco1. The van der Waals surface area contributed by atoms with E-state index in [-0.39, 0.29) is 28.8 Å². The minimum atomic E-state index is -0.615. The Hall–Kier alpha value is -4.06. The Morgan fingerprint density at radius 2 is 1.95 bits per heavy atom. The first-order valence-electron chi connectivity index (χ1n) is 12.0. The van der Waals surface area contributed by atoms with Gasteiger partial charge in [0.15, 0.2) is 11.6 Å². The number of nitrogens with one attached hydrogen (secondary N) is 2. The van der Waals surface area contributed by atoms with E-state index in [9.17, 15) is 19.6 Å². The number of halogens is 1. The fourth-order valence-corrected chi connectivity index (χ4v) is 5.69. The Morgan fingerprint density at radius 3 is 2.68 bits per heavy atom. The summed E-state index contributed by atoms with van der Waals surface area (Å²) in [5.41, 5.74) is 2.75. The summed E-state index contributed by atoms with van der Waals surface area (Å²) in [6.07, 6.45) is 3.32. The first kappa shape index (κ1) is 25.6. The van der Waals surface area contributed by atoms with Crippen molar-refractivity contribution in [2.24, 2.45) is 0 Å². The van der Waals surface area contributed by atoms with Gasteiger partial charge in [0.25, 0.3) is 0 Å². The van der Waals surface area contributed by atoms with Crippen LogP contribution in [0.3, 0.4) is 0 Å². The van der Waals surface area contributed by atoms with Gasteiger partial charge in [-0.05, 0) is 43.2 Å². The molecule has 2 heterocycles. The Balaban J connectivity index is 1.37. The van der Waals surface area contributed by atoms with E-state index >= 15 is 0 Å². The third-order valence-corrected chi connectivity index (χ3v) is 7.63. The second-order valence-electron chi connectivity index (χ2n) is 8.82. The molecule has 0 saturated heterocycles. The van der Waals surface area contributed by atoms with Crippen molar-refractivity contribution < 1.29 is 18.8 Å². The van der Waals surface area contributed by atoms with Gasteiger partial charge in [0.05, 0.1) is 40.3 Å². The summed E-state index contributed by atoms with van der Waals surface area (Å²) in [5, 5.41) is 17.0. The number of hydrogen-bond donors (Lipinski definition) is 2. The summed E-state index contributed by atoms with van der Waals surface area (Å²) < 4.78 is 5.61. The number of carbonyl (C=O) groups is 3. The highest BCUT2D eigenvalue weighted by atomic mass is 35.5. The molecule has 190 valence electrons. The number of amides is 1. The van der Waals surface area contributed by atoms with E-state index < -0.39 is 5.92 Å². The fraction of sp³-hybridized carbons (Fsp3) is 0.172. The standard InChI is InChI=1S/C29H22ClN3O4S/c30-18-11-12-21(19(14-18)28(36)17-6-2-1-3-7-17)32-25(35)16-38-29-20(15-31)26(24-10-5-13-37-24)27-22(33-29)8-4-9-23(27)34/h1-3,5-7,10-14,26,33H,4,8-9,16H2,(H,32,35)/t26-/m0/s1. The number of nitriles is 1. The lowest BCUT2D eigenvalue weighted by Crippen LogP contribution is -2.31. The van der Waals surface area contributed by atoms with E-state index in [1.165, 1.54) is 24.1 Å². The van der Waals surface area contributed by atoms with E-state index in [4.69, 9.17) is 16.0 Å². The third-order valence-electron chi connectivity index (χ3n) is 6.37. The average molecular weight is 544 g/mol. The molecule has 5 rings (SSSR count). The van der Waals surface area contributed by atoms with Crippen LogP contribution in [0.1, 0.15) is 46.9 Å². The predicted molar refractivity (Wildman–Crippen MR) is 146 cm³/mol. The second kappa shape index (κ2) is 11.1. The third kappa shape index (κ3) is 5.17. The highest BCUT2D eigenvalue weighted by Crippen LogP contribution is 2.44. The summed E-state index contributed by atoms with van der Waals surface area (Å²) in [7, 11) is 0. The zero-order chi connectivity index (χ0) is 26.6. The lowest BCUT2D eigenvalue weighted by atomic mass is 9.79. The molecule has 1 aliphatic heterocycles. The van der Waals surface area contributed by atoms with Gasteiger partial charge in [-0.1, -0.05) is 53.7 Å². The number of ketones is 2. The minimum Gasteiger partial charge on any atom is -0.468 e. The molecular formula is C29H22ClN3O4S. The topological polar surface area (TPSA) is 112 Å². The van der Waals surface area contributed by atoms with Crippen molar-refractivity contribution in [3.8, 4) is 6.07 Å². The molecule has 1 amide bonds. The maximum Gasteiger partial charge on any atom is 0.234 e. The Labute approximate surface area is 228 Å². The lowest BCUT2D eigenvalue weighted by Gasteiger charge is -2.32. The van der Waals surface area contributed by atoms with Crippen LogP contribution in [-0.2, 0) is 9.59 Å². The predicted octanol–water partition coefficient (Wildman–Crippen LogP) is 5.96. The highest BCUT2D eigenvalue weighted by molar-refractivity contribution is 8.03. The van der Waals surface area contributed by atoms with Crippen LogP contribution in [0.25, 0.3) is 0 Å². The van der Waals surface area contributed by atoms with Crippen LogP contribution < -0.4 is 10.6 Å². The number of furan rings is 1. The zero-order valence-corrected chi connectivity index (χ0v) is 21.7. The molecular weight excluding hydrogens is 522 g/mol. The van der Waals surface area contributed by atoms with Gasteiger partial charge in [0, 0.05) is 33.8 Å². The van der Waals surface area contributed by atoms with E-state index in [0.29, 0.717) is 57.5 Å².